The molecule has 0 unspecified atom stereocenters. The first-order valence-corrected chi connectivity index (χ1v) is 6.80. The predicted octanol–water partition coefficient (Wildman–Crippen LogP) is 2.58. The molecule has 0 heterocycles. The molecule has 0 atom stereocenters. The molecule has 2 amide bonds. The predicted molar refractivity (Wildman–Crippen MR) is 83.6 cm³/mol. The Morgan fingerprint density at radius 3 is 2.50 bits per heavy atom. The molecular formula is C16H12ClN3O2. The first-order valence-electron chi connectivity index (χ1n) is 6.43. The Morgan fingerprint density at radius 2 is 1.86 bits per heavy atom. The van der Waals surface area contributed by atoms with E-state index in [1.807, 2.05) is 6.07 Å². The van der Waals surface area contributed by atoms with Crippen LogP contribution < -0.4 is 10.6 Å². The van der Waals surface area contributed by atoms with Gasteiger partial charge < -0.3 is 10.6 Å². The van der Waals surface area contributed by atoms with Gasteiger partial charge in [0.25, 0.3) is 5.91 Å². The minimum absolute atomic E-state index is 0.161. The Kier molecular flexibility index (Phi) is 5.12. The van der Waals surface area contributed by atoms with Crippen LogP contribution in [-0.2, 0) is 4.79 Å². The highest BCUT2D eigenvalue weighted by Crippen LogP contribution is 2.19. The molecule has 2 rings (SSSR count). The number of nitriles is 1. The number of carbonyl (C=O) groups excluding carboxylic acids is 2. The Labute approximate surface area is 132 Å². The molecule has 0 spiro atoms. The standard InChI is InChI=1S/C16H12ClN3O2/c17-14-8-13(7-6-12(14)9-18)20-15(21)10-19-16(22)11-4-2-1-3-5-11/h1-8H,10H2,(H,19,22)(H,20,21). The van der Waals surface area contributed by atoms with Gasteiger partial charge in [-0.15, -0.1) is 0 Å². The minimum atomic E-state index is -0.384. The quantitative estimate of drug-likeness (QED) is 0.910. The van der Waals surface area contributed by atoms with E-state index in [1.54, 1.807) is 36.4 Å². The summed E-state index contributed by atoms with van der Waals surface area (Å²) >= 11 is 5.88. The topological polar surface area (TPSA) is 82.0 Å². The third kappa shape index (κ3) is 4.08. The number of carbonyl (C=O) groups is 2. The van der Waals surface area contributed by atoms with Gasteiger partial charge in [0.1, 0.15) is 6.07 Å². The number of halogens is 1. The number of benzene rings is 2. The second-order valence-electron chi connectivity index (χ2n) is 4.40. The van der Waals surface area contributed by atoms with E-state index >= 15 is 0 Å². The van der Waals surface area contributed by atoms with Gasteiger partial charge in [-0.25, -0.2) is 0 Å². The number of anilines is 1. The maximum atomic E-state index is 11.8. The fourth-order valence-corrected chi connectivity index (χ4v) is 1.96. The molecule has 0 radical (unpaired) electrons. The average Bonchev–Trinajstić information content (AvgIpc) is 2.53. The van der Waals surface area contributed by atoms with E-state index in [0.717, 1.165) is 0 Å². The molecule has 0 aliphatic carbocycles. The summed E-state index contributed by atoms with van der Waals surface area (Å²) in [6.45, 7) is -0.161. The Balaban J connectivity index is 1.90. The highest BCUT2D eigenvalue weighted by Gasteiger charge is 2.08. The van der Waals surface area contributed by atoms with Crippen molar-refractivity contribution in [2.75, 3.05) is 11.9 Å². The molecule has 5 nitrogen and oxygen atoms in total. The highest BCUT2D eigenvalue weighted by atomic mass is 35.5. The van der Waals surface area contributed by atoms with Crippen molar-refractivity contribution in [3.05, 3.63) is 64.7 Å². The van der Waals surface area contributed by atoms with Crippen LogP contribution in [0.15, 0.2) is 48.5 Å². The molecule has 22 heavy (non-hydrogen) atoms. The number of rotatable bonds is 4. The Morgan fingerprint density at radius 1 is 1.14 bits per heavy atom. The maximum absolute atomic E-state index is 11.8. The van der Waals surface area contributed by atoms with E-state index in [0.29, 0.717) is 16.8 Å². The van der Waals surface area contributed by atoms with Crippen LogP contribution in [-0.4, -0.2) is 18.4 Å². The zero-order valence-electron chi connectivity index (χ0n) is 11.5. The van der Waals surface area contributed by atoms with Gasteiger partial charge in [-0.3, -0.25) is 9.59 Å². The molecule has 110 valence electrons. The maximum Gasteiger partial charge on any atom is 0.251 e. The van der Waals surface area contributed by atoms with Crippen molar-refractivity contribution in [1.29, 1.82) is 5.26 Å². The largest absolute Gasteiger partial charge is 0.343 e. The molecule has 2 aromatic carbocycles. The fraction of sp³-hybridized carbons (Fsp3) is 0.0625. The molecule has 2 N–H and O–H groups in total. The van der Waals surface area contributed by atoms with Gasteiger partial charge >= 0.3 is 0 Å². The van der Waals surface area contributed by atoms with Crippen LogP contribution in [0.3, 0.4) is 0 Å². The number of hydrogen-bond acceptors (Lipinski definition) is 3. The number of nitrogens with zero attached hydrogens (tertiary/aromatic N) is 1. The molecule has 0 saturated carbocycles. The summed E-state index contributed by atoms with van der Waals surface area (Å²) in [6.07, 6.45) is 0. The van der Waals surface area contributed by atoms with Gasteiger partial charge in [-0.05, 0) is 30.3 Å². The van der Waals surface area contributed by atoms with Gasteiger partial charge in [0, 0.05) is 11.3 Å². The highest BCUT2D eigenvalue weighted by molar-refractivity contribution is 6.32. The number of amides is 2. The van der Waals surface area contributed by atoms with Crippen molar-refractivity contribution in [3.8, 4) is 6.07 Å². The monoisotopic (exact) mass is 313 g/mol. The fourth-order valence-electron chi connectivity index (χ4n) is 1.74. The lowest BCUT2D eigenvalue weighted by Crippen LogP contribution is -2.32. The van der Waals surface area contributed by atoms with Crippen molar-refractivity contribution >= 4 is 29.1 Å². The molecule has 0 aromatic heterocycles. The first kappa shape index (κ1) is 15.5. The summed E-state index contributed by atoms with van der Waals surface area (Å²) in [5.74, 6) is -0.710. The third-order valence-corrected chi connectivity index (χ3v) is 3.13. The Hall–Kier alpha value is -2.84. The minimum Gasteiger partial charge on any atom is -0.343 e. The SMILES string of the molecule is N#Cc1ccc(NC(=O)CNC(=O)c2ccccc2)cc1Cl. The first-order chi connectivity index (χ1) is 10.6. The van der Waals surface area contributed by atoms with Gasteiger partial charge in [-0.1, -0.05) is 29.8 Å². The van der Waals surface area contributed by atoms with Crippen LogP contribution in [0.2, 0.25) is 5.02 Å². The lowest BCUT2D eigenvalue weighted by atomic mass is 10.2. The van der Waals surface area contributed by atoms with Crippen molar-refractivity contribution in [3.63, 3.8) is 0 Å². The lowest BCUT2D eigenvalue weighted by Gasteiger charge is -2.07. The Bertz CT molecular complexity index is 739. The molecule has 2 aromatic rings. The summed E-state index contributed by atoms with van der Waals surface area (Å²) in [4.78, 5) is 23.6. The van der Waals surface area contributed by atoms with Crippen LogP contribution in [0.4, 0.5) is 5.69 Å². The molecule has 0 bridgehead atoms. The zero-order valence-corrected chi connectivity index (χ0v) is 12.2. The van der Waals surface area contributed by atoms with Gasteiger partial charge in [-0.2, -0.15) is 5.26 Å². The summed E-state index contributed by atoms with van der Waals surface area (Å²) in [5.41, 5.74) is 1.27. The van der Waals surface area contributed by atoms with E-state index in [2.05, 4.69) is 10.6 Å². The number of nitrogens with one attached hydrogen (secondary N) is 2. The van der Waals surface area contributed by atoms with Crippen molar-refractivity contribution in [1.82, 2.24) is 5.32 Å². The second kappa shape index (κ2) is 7.25. The van der Waals surface area contributed by atoms with Crippen molar-refractivity contribution < 1.29 is 9.59 Å². The van der Waals surface area contributed by atoms with E-state index in [1.165, 1.54) is 12.1 Å². The van der Waals surface area contributed by atoms with Crippen LogP contribution in [0, 0.1) is 11.3 Å². The van der Waals surface area contributed by atoms with Crippen LogP contribution in [0.1, 0.15) is 15.9 Å². The van der Waals surface area contributed by atoms with Gasteiger partial charge in [0.05, 0.1) is 17.1 Å². The van der Waals surface area contributed by atoms with Gasteiger partial charge in [0.15, 0.2) is 0 Å². The van der Waals surface area contributed by atoms with Crippen molar-refractivity contribution in [2.45, 2.75) is 0 Å². The second-order valence-corrected chi connectivity index (χ2v) is 4.81. The van der Waals surface area contributed by atoms with Crippen LogP contribution in [0.25, 0.3) is 0 Å². The summed E-state index contributed by atoms with van der Waals surface area (Å²) < 4.78 is 0. The zero-order chi connectivity index (χ0) is 15.9. The van der Waals surface area contributed by atoms with E-state index in [9.17, 15) is 9.59 Å². The van der Waals surface area contributed by atoms with Crippen molar-refractivity contribution in [2.24, 2.45) is 0 Å². The molecule has 6 heteroatoms. The lowest BCUT2D eigenvalue weighted by molar-refractivity contribution is -0.115. The molecule has 0 saturated heterocycles. The van der Waals surface area contributed by atoms with Crippen LogP contribution in [0.5, 0.6) is 0 Å². The molecule has 0 aliphatic heterocycles. The molecular weight excluding hydrogens is 302 g/mol. The summed E-state index contributed by atoms with van der Waals surface area (Å²) in [5, 5.41) is 14.1. The van der Waals surface area contributed by atoms with E-state index in [4.69, 9.17) is 16.9 Å². The van der Waals surface area contributed by atoms with Gasteiger partial charge in [0.2, 0.25) is 5.91 Å². The average molecular weight is 314 g/mol. The summed E-state index contributed by atoms with van der Waals surface area (Å²) in [6, 6.07) is 15.1. The van der Waals surface area contributed by atoms with Crippen LogP contribution >= 0.6 is 11.6 Å². The normalized spacial score (nSPS) is 9.64. The molecule has 0 fully saturated rings. The smallest absolute Gasteiger partial charge is 0.251 e. The van der Waals surface area contributed by atoms with E-state index in [-0.39, 0.29) is 23.4 Å². The number of hydrogen-bond donors (Lipinski definition) is 2. The third-order valence-electron chi connectivity index (χ3n) is 2.82. The van der Waals surface area contributed by atoms with E-state index < -0.39 is 0 Å². The molecule has 0 aliphatic rings. The summed E-state index contributed by atoms with van der Waals surface area (Å²) in [7, 11) is 0.